The van der Waals surface area contributed by atoms with Crippen LogP contribution in [0.15, 0.2) is 18.3 Å². The molecule has 0 aliphatic heterocycles. The van der Waals surface area contributed by atoms with Gasteiger partial charge in [0.1, 0.15) is 34.5 Å². The SMILES string of the molecule is COc1ccc(F)c2c(O)c(C#N)cnc12. The minimum absolute atomic E-state index is 0.0698. The summed E-state index contributed by atoms with van der Waals surface area (Å²) < 4.78 is 18.5. The van der Waals surface area contributed by atoms with Gasteiger partial charge in [0.25, 0.3) is 0 Å². The lowest BCUT2D eigenvalue weighted by atomic mass is 10.1. The standard InChI is InChI=1S/C11H7FN2O2/c1-16-8-3-2-7(12)9-10(8)14-5-6(4-13)11(9)15/h2-3,5H,1H3,(H,14,15). The Bertz CT molecular complexity index is 605. The number of hydrogen-bond donors (Lipinski definition) is 1. The number of ether oxygens (including phenoxy) is 1. The van der Waals surface area contributed by atoms with Crippen LogP contribution in [0.1, 0.15) is 5.56 Å². The van der Waals surface area contributed by atoms with Crippen molar-refractivity contribution in [3.63, 3.8) is 0 Å². The molecule has 16 heavy (non-hydrogen) atoms. The van der Waals surface area contributed by atoms with E-state index in [0.717, 1.165) is 6.07 Å². The molecule has 0 atom stereocenters. The number of nitriles is 1. The van der Waals surface area contributed by atoms with Crippen LogP contribution in [0.4, 0.5) is 4.39 Å². The number of pyridine rings is 1. The van der Waals surface area contributed by atoms with E-state index in [4.69, 9.17) is 10.00 Å². The Morgan fingerprint density at radius 2 is 2.25 bits per heavy atom. The van der Waals surface area contributed by atoms with Crippen molar-refractivity contribution in [2.75, 3.05) is 7.11 Å². The molecule has 0 aliphatic carbocycles. The van der Waals surface area contributed by atoms with E-state index in [1.165, 1.54) is 19.4 Å². The van der Waals surface area contributed by atoms with Crippen molar-refractivity contribution in [2.45, 2.75) is 0 Å². The van der Waals surface area contributed by atoms with Crippen molar-refractivity contribution >= 4 is 10.9 Å². The predicted octanol–water partition coefficient (Wildman–Crippen LogP) is 1.96. The molecule has 1 aromatic heterocycles. The quantitative estimate of drug-likeness (QED) is 0.794. The molecule has 0 radical (unpaired) electrons. The molecule has 0 unspecified atom stereocenters. The number of rotatable bonds is 1. The molecule has 1 heterocycles. The number of hydrogen-bond acceptors (Lipinski definition) is 4. The second-order valence-corrected chi connectivity index (χ2v) is 3.11. The third-order valence-corrected chi connectivity index (χ3v) is 2.25. The van der Waals surface area contributed by atoms with Gasteiger partial charge in [0.15, 0.2) is 0 Å². The number of methoxy groups -OCH3 is 1. The molecular weight excluding hydrogens is 211 g/mol. The highest BCUT2D eigenvalue weighted by Crippen LogP contribution is 2.33. The second kappa shape index (κ2) is 3.66. The van der Waals surface area contributed by atoms with Gasteiger partial charge in [-0.1, -0.05) is 0 Å². The van der Waals surface area contributed by atoms with Gasteiger partial charge < -0.3 is 9.84 Å². The Balaban J connectivity index is 2.94. The van der Waals surface area contributed by atoms with Gasteiger partial charge in [-0.05, 0) is 12.1 Å². The van der Waals surface area contributed by atoms with E-state index in [1.54, 1.807) is 6.07 Å². The summed E-state index contributed by atoms with van der Waals surface area (Å²) in [5.41, 5.74) is 0.124. The smallest absolute Gasteiger partial charge is 0.147 e. The zero-order valence-corrected chi connectivity index (χ0v) is 8.36. The van der Waals surface area contributed by atoms with Crippen LogP contribution < -0.4 is 4.74 Å². The predicted molar refractivity (Wildman–Crippen MR) is 54.6 cm³/mol. The zero-order chi connectivity index (χ0) is 11.7. The maximum absolute atomic E-state index is 13.5. The average molecular weight is 218 g/mol. The Kier molecular flexibility index (Phi) is 2.33. The molecule has 0 spiro atoms. The molecular formula is C11H7FN2O2. The van der Waals surface area contributed by atoms with Crippen LogP contribution >= 0.6 is 0 Å². The third kappa shape index (κ3) is 1.32. The van der Waals surface area contributed by atoms with E-state index >= 15 is 0 Å². The van der Waals surface area contributed by atoms with E-state index in [2.05, 4.69) is 4.98 Å². The summed E-state index contributed by atoms with van der Waals surface area (Å²) in [6, 6.07) is 4.30. The normalized spacial score (nSPS) is 10.1. The molecule has 1 aromatic carbocycles. The molecule has 1 N–H and O–H groups in total. The monoisotopic (exact) mass is 218 g/mol. The highest BCUT2D eigenvalue weighted by Gasteiger charge is 2.14. The Labute approximate surface area is 90.5 Å². The zero-order valence-electron chi connectivity index (χ0n) is 8.36. The van der Waals surface area contributed by atoms with Crippen LogP contribution in [0.2, 0.25) is 0 Å². The molecule has 4 nitrogen and oxygen atoms in total. The molecule has 5 heteroatoms. The first-order valence-electron chi connectivity index (χ1n) is 4.43. The number of aromatic nitrogens is 1. The van der Waals surface area contributed by atoms with Gasteiger partial charge >= 0.3 is 0 Å². The van der Waals surface area contributed by atoms with Gasteiger partial charge in [0.05, 0.1) is 12.5 Å². The lowest BCUT2D eigenvalue weighted by Gasteiger charge is -2.07. The van der Waals surface area contributed by atoms with Gasteiger partial charge in [0.2, 0.25) is 0 Å². The minimum Gasteiger partial charge on any atom is -0.506 e. The van der Waals surface area contributed by atoms with Crippen molar-refractivity contribution in [1.82, 2.24) is 4.98 Å². The van der Waals surface area contributed by atoms with Gasteiger partial charge in [-0.15, -0.1) is 0 Å². The topological polar surface area (TPSA) is 66.1 Å². The Morgan fingerprint density at radius 1 is 1.50 bits per heavy atom. The first-order valence-corrected chi connectivity index (χ1v) is 4.43. The van der Waals surface area contributed by atoms with Crippen LogP contribution in [0.5, 0.6) is 11.5 Å². The Morgan fingerprint density at radius 3 is 2.88 bits per heavy atom. The van der Waals surface area contributed by atoms with Crippen LogP contribution in [-0.4, -0.2) is 17.2 Å². The van der Waals surface area contributed by atoms with Crippen LogP contribution in [0.25, 0.3) is 10.9 Å². The van der Waals surface area contributed by atoms with Crippen LogP contribution in [-0.2, 0) is 0 Å². The van der Waals surface area contributed by atoms with E-state index in [9.17, 15) is 9.50 Å². The lowest BCUT2D eigenvalue weighted by molar-refractivity contribution is 0.417. The van der Waals surface area contributed by atoms with Gasteiger partial charge in [-0.25, -0.2) is 4.39 Å². The highest BCUT2D eigenvalue weighted by atomic mass is 19.1. The number of benzene rings is 1. The largest absolute Gasteiger partial charge is 0.506 e. The Hall–Kier alpha value is -2.35. The lowest BCUT2D eigenvalue weighted by Crippen LogP contribution is -1.92. The summed E-state index contributed by atoms with van der Waals surface area (Å²) in [4.78, 5) is 3.90. The summed E-state index contributed by atoms with van der Waals surface area (Å²) in [5.74, 6) is -0.710. The molecule has 80 valence electrons. The van der Waals surface area contributed by atoms with Crippen molar-refractivity contribution < 1.29 is 14.2 Å². The summed E-state index contributed by atoms with van der Waals surface area (Å²) in [6.07, 6.45) is 1.18. The van der Waals surface area contributed by atoms with Crippen LogP contribution in [0, 0.1) is 17.1 Å². The van der Waals surface area contributed by atoms with E-state index in [0.29, 0.717) is 5.75 Å². The highest BCUT2D eigenvalue weighted by molar-refractivity contribution is 5.91. The van der Waals surface area contributed by atoms with E-state index in [-0.39, 0.29) is 16.5 Å². The van der Waals surface area contributed by atoms with Crippen molar-refractivity contribution in [3.05, 3.63) is 29.7 Å². The molecule has 0 fully saturated rings. The summed E-state index contributed by atoms with van der Waals surface area (Å²) in [6.45, 7) is 0. The maximum atomic E-state index is 13.5. The third-order valence-electron chi connectivity index (χ3n) is 2.25. The summed E-state index contributed by atoms with van der Waals surface area (Å²) >= 11 is 0. The first-order chi connectivity index (χ1) is 7.69. The molecule has 0 saturated heterocycles. The fourth-order valence-electron chi connectivity index (χ4n) is 1.47. The van der Waals surface area contributed by atoms with Crippen molar-refractivity contribution in [3.8, 4) is 17.6 Å². The maximum Gasteiger partial charge on any atom is 0.147 e. The summed E-state index contributed by atoms with van der Waals surface area (Å²) in [5, 5.41) is 18.3. The van der Waals surface area contributed by atoms with Gasteiger partial charge in [0, 0.05) is 6.20 Å². The van der Waals surface area contributed by atoms with E-state index < -0.39 is 11.6 Å². The van der Waals surface area contributed by atoms with Crippen molar-refractivity contribution in [2.24, 2.45) is 0 Å². The fourth-order valence-corrected chi connectivity index (χ4v) is 1.47. The molecule has 2 aromatic rings. The first kappa shape index (κ1) is 10.2. The van der Waals surface area contributed by atoms with E-state index in [1.807, 2.05) is 0 Å². The molecule has 2 rings (SSSR count). The summed E-state index contributed by atoms with van der Waals surface area (Å²) in [7, 11) is 1.42. The van der Waals surface area contributed by atoms with Gasteiger partial charge in [-0.3, -0.25) is 4.98 Å². The van der Waals surface area contributed by atoms with Crippen LogP contribution in [0.3, 0.4) is 0 Å². The number of fused-ring (bicyclic) bond motifs is 1. The molecule has 0 aliphatic rings. The van der Waals surface area contributed by atoms with Crippen molar-refractivity contribution in [1.29, 1.82) is 5.26 Å². The number of halogens is 1. The number of nitrogens with zero attached hydrogens (tertiary/aromatic N) is 2. The fraction of sp³-hybridized carbons (Fsp3) is 0.0909. The molecule has 0 saturated carbocycles. The average Bonchev–Trinajstić information content (AvgIpc) is 2.30. The molecule has 0 bridgehead atoms. The number of aromatic hydroxyl groups is 1. The molecule has 0 amide bonds. The second-order valence-electron chi connectivity index (χ2n) is 3.11. The minimum atomic E-state index is -0.641. The van der Waals surface area contributed by atoms with Gasteiger partial charge in [-0.2, -0.15) is 5.26 Å².